The fourth-order valence-electron chi connectivity index (χ4n) is 4.62. The summed E-state index contributed by atoms with van der Waals surface area (Å²) in [7, 11) is 0. The second kappa shape index (κ2) is 8.75. The fourth-order valence-corrected chi connectivity index (χ4v) is 4.62. The molecule has 0 spiro atoms. The molecular weight excluding hydrogens is 430 g/mol. The maximum absolute atomic E-state index is 12.6. The summed E-state index contributed by atoms with van der Waals surface area (Å²) in [5.41, 5.74) is 6.36. The predicted molar refractivity (Wildman–Crippen MR) is 126 cm³/mol. The number of benzene rings is 3. The Bertz CT molecular complexity index is 1400. The number of H-pyrrole nitrogens is 1. The van der Waals surface area contributed by atoms with Crippen molar-refractivity contribution in [3.05, 3.63) is 95.2 Å². The van der Waals surface area contributed by atoms with Gasteiger partial charge in [-0.25, -0.2) is 9.59 Å². The number of nitrogens with zero attached hydrogens (tertiary/aromatic N) is 1. The maximum atomic E-state index is 12.6. The highest BCUT2D eigenvalue weighted by Crippen LogP contribution is 2.44. The number of carboxylic acid groups (broad SMARTS) is 1. The van der Waals surface area contributed by atoms with Gasteiger partial charge in [-0.3, -0.25) is 0 Å². The third-order valence-electron chi connectivity index (χ3n) is 6.25. The first-order valence-electron chi connectivity index (χ1n) is 10.9. The first-order valence-corrected chi connectivity index (χ1v) is 10.9. The lowest BCUT2D eigenvalue weighted by Gasteiger charge is -2.17. The number of aromatic amines is 1. The Kier molecular flexibility index (Phi) is 5.48. The minimum Gasteiger partial charge on any atom is -0.480 e. The SMILES string of the molecule is N#Cc1ccc2[nH]cc(CC(NC(=O)OCC3c4ccccc4-c4ccccc43)C(=O)O)c2c1. The Labute approximate surface area is 195 Å². The van der Waals surface area contributed by atoms with Crippen molar-refractivity contribution in [2.24, 2.45) is 0 Å². The summed E-state index contributed by atoms with van der Waals surface area (Å²) in [6, 6.07) is 22.1. The van der Waals surface area contributed by atoms with Crippen LogP contribution in [0.15, 0.2) is 72.9 Å². The Hall–Kier alpha value is -4.57. The zero-order valence-electron chi connectivity index (χ0n) is 18.1. The topological polar surface area (TPSA) is 115 Å². The van der Waals surface area contributed by atoms with Crippen LogP contribution in [0.4, 0.5) is 4.79 Å². The number of fused-ring (bicyclic) bond motifs is 4. The molecule has 7 heteroatoms. The molecule has 0 saturated carbocycles. The van der Waals surface area contributed by atoms with Crippen LogP contribution in [0.5, 0.6) is 0 Å². The van der Waals surface area contributed by atoms with E-state index in [4.69, 9.17) is 10.00 Å². The predicted octanol–water partition coefficient (Wildman–Crippen LogP) is 4.57. The van der Waals surface area contributed by atoms with Gasteiger partial charge in [0.05, 0.1) is 11.6 Å². The lowest BCUT2D eigenvalue weighted by molar-refractivity contribution is -0.139. The average molecular weight is 451 g/mol. The fraction of sp³-hybridized carbons (Fsp3) is 0.148. The van der Waals surface area contributed by atoms with Gasteiger partial charge in [0.1, 0.15) is 12.6 Å². The zero-order valence-corrected chi connectivity index (χ0v) is 18.1. The molecule has 0 bridgehead atoms. The largest absolute Gasteiger partial charge is 0.480 e. The number of carbonyl (C=O) groups is 2. The van der Waals surface area contributed by atoms with Gasteiger partial charge in [-0.05, 0) is 46.0 Å². The molecule has 1 amide bonds. The molecule has 168 valence electrons. The number of hydrogen-bond acceptors (Lipinski definition) is 4. The Morgan fingerprint density at radius 3 is 2.38 bits per heavy atom. The lowest BCUT2D eigenvalue weighted by atomic mass is 9.98. The van der Waals surface area contributed by atoms with Crippen molar-refractivity contribution in [1.29, 1.82) is 5.26 Å². The summed E-state index contributed by atoms with van der Waals surface area (Å²) in [4.78, 5) is 27.5. The molecule has 3 N–H and O–H groups in total. The Morgan fingerprint density at radius 2 is 1.74 bits per heavy atom. The van der Waals surface area contributed by atoms with Gasteiger partial charge in [-0.15, -0.1) is 0 Å². The number of alkyl carbamates (subject to hydrolysis) is 1. The molecule has 3 aromatic carbocycles. The highest BCUT2D eigenvalue weighted by atomic mass is 16.5. The van der Waals surface area contributed by atoms with Crippen molar-refractivity contribution < 1.29 is 19.4 Å². The molecule has 4 aromatic rings. The van der Waals surface area contributed by atoms with Crippen molar-refractivity contribution >= 4 is 23.0 Å². The normalized spacial score (nSPS) is 13.0. The van der Waals surface area contributed by atoms with Crippen molar-refractivity contribution in [2.75, 3.05) is 6.61 Å². The quantitative estimate of drug-likeness (QED) is 0.397. The number of hydrogen-bond donors (Lipinski definition) is 3. The standard InChI is InChI=1S/C27H21N3O4/c28-13-16-9-10-24-22(11-16)17(14-29-24)12-25(26(31)32)30-27(33)34-15-23-20-7-3-1-5-18(20)19-6-2-4-8-21(19)23/h1-11,14,23,25,29H,12,15H2,(H,30,33)(H,31,32). The second-order valence-electron chi connectivity index (χ2n) is 8.25. The highest BCUT2D eigenvalue weighted by molar-refractivity contribution is 5.86. The second-order valence-corrected chi connectivity index (χ2v) is 8.25. The van der Waals surface area contributed by atoms with E-state index in [1.54, 1.807) is 24.4 Å². The summed E-state index contributed by atoms with van der Waals surface area (Å²) in [6.45, 7) is 0.102. The highest BCUT2D eigenvalue weighted by Gasteiger charge is 2.30. The number of nitrogens with one attached hydrogen (secondary N) is 2. The van der Waals surface area contributed by atoms with Gasteiger partial charge in [-0.1, -0.05) is 48.5 Å². The summed E-state index contributed by atoms with van der Waals surface area (Å²) in [6.07, 6.45) is 0.960. The van der Waals surface area contributed by atoms with E-state index in [9.17, 15) is 14.7 Å². The molecule has 0 saturated heterocycles. The van der Waals surface area contributed by atoms with Crippen LogP contribution in [-0.2, 0) is 16.0 Å². The number of carboxylic acids is 1. The van der Waals surface area contributed by atoms with Crippen LogP contribution >= 0.6 is 0 Å². The molecule has 0 radical (unpaired) electrons. The van der Waals surface area contributed by atoms with Crippen molar-refractivity contribution in [1.82, 2.24) is 10.3 Å². The number of carbonyl (C=O) groups excluding carboxylic acids is 1. The first-order chi connectivity index (χ1) is 16.5. The molecule has 5 rings (SSSR count). The molecule has 1 unspecified atom stereocenters. The zero-order chi connectivity index (χ0) is 23.7. The Morgan fingerprint density at radius 1 is 1.06 bits per heavy atom. The molecule has 1 aliphatic rings. The van der Waals surface area contributed by atoms with Crippen LogP contribution in [0.1, 0.15) is 28.2 Å². The maximum Gasteiger partial charge on any atom is 0.407 e. The number of amides is 1. The number of rotatable bonds is 6. The van der Waals surface area contributed by atoms with E-state index in [2.05, 4.69) is 16.4 Å². The van der Waals surface area contributed by atoms with Gasteiger partial charge in [0, 0.05) is 29.4 Å². The van der Waals surface area contributed by atoms with Gasteiger partial charge >= 0.3 is 12.1 Å². The van der Waals surface area contributed by atoms with Gasteiger partial charge in [0.2, 0.25) is 0 Å². The Balaban J connectivity index is 1.29. The van der Waals surface area contributed by atoms with Crippen LogP contribution in [0, 0.1) is 11.3 Å². The van der Waals surface area contributed by atoms with Gasteiger partial charge in [-0.2, -0.15) is 5.26 Å². The summed E-state index contributed by atoms with van der Waals surface area (Å²) < 4.78 is 5.50. The van der Waals surface area contributed by atoms with Crippen LogP contribution in [0.25, 0.3) is 22.0 Å². The summed E-state index contributed by atoms with van der Waals surface area (Å²) in [5, 5.41) is 22.1. The number of aromatic nitrogens is 1. The molecule has 1 atom stereocenters. The average Bonchev–Trinajstić information content (AvgIpc) is 3.40. The van der Waals surface area contributed by atoms with Crippen LogP contribution in [0.2, 0.25) is 0 Å². The van der Waals surface area contributed by atoms with E-state index in [0.29, 0.717) is 11.1 Å². The monoisotopic (exact) mass is 451 g/mol. The molecule has 0 aliphatic heterocycles. The molecule has 1 aromatic heterocycles. The van der Waals surface area contributed by atoms with Gasteiger partial charge < -0.3 is 20.1 Å². The van der Waals surface area contributed by atoms with E-state index in [1.165, 1.54) is 0 Å². The third kappa shape index (κ3) is 3.86. The number of nitriles is 1. The minimum absolute atomic E-state index is 0.0500. The van der Waals surface area contributed by atoms with E-state index in [-0.39, 0.29) is 18.9 Å². The van der Waals surface area contributed by atoms with Crippen LogP contribution in [-0.4, -0.2) is 34.8 Å². The number of ether oxygens (including phenoxy) is 1. The van der Waals surface area contributed by atoms with Crippen LogP contribution in [0.3, 0.4) is 0 Å². The van der Waals surface area contributed by atoms with Crippen molar-refractivity contribution in [2.45, 2.75) is 18.4 Å². The molecule has 0 fully saturated rings. The van der Waals surface area contributed by atoms with Gasteiger partial charge in [0.15, 0.2) is 0 Å². The smallest absolute Gasteiger partial charge is 0.407 e. The summed E-state index contributed by atoms with van der Waals surface area (Å²) >= 11 is 0. The van der Waals surface area contributed by atoms with E-state index < -0.39 is 18.1 Å². The van der Waals surface area contributed by atoms with E-state index in [0.717, 1.165) is 33.2 Å². The van der Waals surface area contributed by atoms with Gasteiger partial charge in [0.25, 0.3) is 0 Å². The van der Waals surface area contributed by atoms with E-state index >= 15 is 0 Å². The molecule has 7 nitrogen and oxygen atoms in total. The van der Waals surface area contributed by atoms with Crippen molar-refractivity contribution in [3.8, 4) is 17.2 Å². The van der Waals surface area contributed by atoms with Crippen molar-refractivity contribution in [3.63, 3.8) is 0 Å². The first kappa shape index (κ1) is 21.3. The molecule has 1 heterocycles. The van der Waals surface area contributed by atoms with Crippen LogP contribution < -0.4 is 5.32 Å². The number of aliphatic carboxylic acids is 1. The summed E-state index contributed by atoms with van der Waals surface area (Å²) in [5.74, 6) is -1.28. The molecule has 1 aliphatic carbocycles. The molecular formula is C27H21N3O4. The molecule has 34 heavy (non-hydrogen) atoms. The lowest BCUT2D eigenvalue weighted by Crippen LogP contribution is -2.42. The minimum atomic E-state index is -1.18. The third-order valence-corrected chi connectivity index (χ3v) is 6.25. The van der Waals surface area contributed by atoms with E-state index in [1.807, 2.05) is 48.5 Å².